The van der Waals surface area contributed by atoms with Crippen LogP contribution in [0.1, 0.15) is 6.92 Å². The maximum Gasteiger partial charge on any atom is 0.313 e. The second kappa shape index (κ2) is 5.28. The van der Waals surface area contributed by atoms with E-state index >= 15 is 0 Å². The second-order valence-electron chi connectivity index (χ2n) is 4.62. The SMILES string of the molecule is CCn1ccnc(Oc2ccc3ccc(O)cc3c2)c1=O. The van der Waals surface area contributed by atoms with Gasteiger partial charge in [0, 0.05) is 18.9 Å². The number of phenolic OH excluding ortho intramolecular Hbond substituents is 1. The van der Waals surface area contributed by atoms with E-state index in [9.17, 15) is 9.90 Å². The zero-order valence-corrected chi connectivity index (χ0v) is 11.5. The molecule has 0 fully saturated rings. The summed E-state index contributed by atoms with van der Waals surface area (Å²) in [6, 6.07) is 10.5. The van der Waals surface area contributed by atoms with E-state index in [2.05, 4.69) is 4.98 Å². The predicted molar refractivity (Wildman–Crippen MR) is 79.9 cm³/mol. The standard InChI is InChI=1S/C16H14N2O3/c1-2-18-8-7-17-15(16(18)20)21-14-6-4-11-3-5-13(19)9-12(11)10-14/h3-10,19H,2H2,1H3. The van der Waals surface area contributed by atoms with Gasteiger partial charge in [-0.1, -0.05) is 12.1 Å². The van der Waals surface area contributed by atoms with Crippen molar-refractivity contribution >= 4 is 10.8 Å². The summed E-state index contributed by atoms with van der Waals surface area (Å²) in [6.07, 6.45) is 3.15. The van der Waals surface area contributed by atoms with Crippen LogP contribution < -0.4 is 10.3 Å². The molecular weight excluding hydrogens is 268 g/mol. The van der Waals surface area contributed by atoms with Gasteiger partial charge in [-0.05, 0) is 42.0 Å². The van der Waals surface area contributed by atoms with Crippen molar-refractivity contribution in [1.29, 1.82) is 0 Å². The molecule has 0 aliphatic heterocycles. The van der Waals surface area contributed by atoms with Gasteiger partial charge in [-0.3, -0.25) is 4.79 Å². The zero-order chi connectivity index (χ0) is 14.8. The minimum Gasteiger partial charge on any atom is -0.508 e. The molecule has 0 spiro atoms. The van der Waals surface area contributed by atoms with E-state index in [1.165, 1.54) is 10.8 Å². The van der Waals surface area contributed by atoms with Gasteiger partial charge in [-0.2, -0.15) is 0 Å². The Bertz CT molecular complexity index is 856. The lowest BCUT2D eigenvalue weighted by molar-refractivity contribution is 0.446. The van der Waals surface area contributed by atoms with Crippen LogP contribution in [0.3, 0.4) is 0 Å². The van der Waals surface area contributed by atoms with Gasteiger partial charge in [-0.15, -0.1) is 0 Å². The maximum absolute atomic E-state index is 12.1. The Morgan fingerprint density at radius 3 is 2.81 bits per heavy atom. The van der Waals surface area contributed by atoms with E-state index in [1.807, 2.05) is 19.1 Å². The Kier molecular flexibility index (Phi) is 3.31. The molecule has 0 unspecified atom stereocenters. The molecule has 0 radical (unpaired) electrons. The fraction of sp³-hybridized carbons (Fsp3) is 0.125. The summed E-state index contributed by atoms with van der Waals surface area (Å²) >= 11 is 0. The molecule has 0 atom stereocenters. The quantitative estimate of drug-likeness (QED) is 0.802. The van der Waals surface area contributed by atoms with E-state index in [-0.39, 0.29) is 17.2 Å². The minimum absolute atomic E-state index is 0.0406. The Morgan fingerprint density at radius 1 is 1.19 bits per heavy atom. The first-order chi connectivity index (χ1) is 10.2. The number of fused-ring (bicyclic) bond motifs is 1. The van der Waals surface area contributed by atoms with Crippen LogP contribution in [-0.4, -0.2) is 14.7 Å². The fourth-order valence-corrected chi connectivity index (χ4v) is 2.13. The van der Waals surface area contributed by atoms with Crippen LogP contribution in [0.2, 0.25) is 0 Å². The number of aromatic hydroxyl groups is 1. The third-order valence-corrected chi connectivity index (χ3v) is 3.23. The highest BCUT2D eigenvalue weighted by Gasteiger charge is 2.07. The molecule has 5 nitrogen and oxygen atoms in total. The van der Waals surface area contributed by atoms with E-state index in [0.717, 1.165) is 10.8 Å². The van der Waals surface area contributed by atoms with Gasteiger partial charge in [0.2, 0.25) is 0 Å². The molecule has 0 amide bonds. The molecule has 1 heterocycles. The number of aromatic nitrogens is 2. The average Bonchev–Trinajstić information content (AvgIpc) is 2.49. The molecule has 2 aromatic carbocycles. The molecule has 3 aromatic rings. The van der Waals surface area contributed by atoms with Crippen molar-refractivity contribution in [3.63, 3.8) is 0 Å². The van der Waals surface area contributed by atoms with Crippen molar-refractivity contribution in [2.75, 3.05) is 0 Å². The van der Waals surface area contributed by atoms with Crippen LogP contribution in [0, 0.1) is 0 Å². The van der Waals surface area contributed by atoms with Gasteiger partial charge in [0.05, 0.1) is 0 Å². The fourth-order valence-electron chi connectivity index (χ4n) is 2.13. The van der Waals surface area contributed by atoms with Crippen LogP contribution in [-0.2, 0) is 6.54 Å². The first-order valence-electron chi connectivity index (χ1n) is 6.63. The summed E-state index contributed by atoms with van der Waals surface area (Å²) in [5.41, 5.74) is -0.268. The summed E-state index contributed by atoms with van der Waals surface area (Å²) in [4.78, 5) is 16.0. The molecule has 21 heavy (non-hydrogen) atoms. The van der Waals surface area contributed by atoms with Crippen molar-refractivity contribution in [2.24, 2.45) is 0 Å². The highest BCUT2D eigenvalue weighted by Crippen LogP contribution is 2.26. The van der Waals surface area contributed by atoms with Gasteiger partial charge < -0.3 is 14.4 Å². The normalized spacial score (nSPS) is 10.7. The Balaban J connectivity index is 2.00. The second-order valence-corrected chi connectivity index (χ2v) is 4.62. The van der Waals surface area contributed by atoms with Crippen molar-refractivity contribution in [3.05, 3.63) is 59.1 Å². The summed E-state index contributed by atoms with van der Waals surface area (Å²) in [6.45, 7) is 2.44. The maximum atomic E-state index is 12.1. The molecule has 5 heteroatoms. The number of nitrogens with zero attached hydrogens (tertiary/aromatic N) is 2. The lowest BCUT2D eigenvalue weighted by Gasteiger charge is -2.07. The molecule has 1 N–H and O–H groups in total. The number of aryl methyl sites for hydroxylation is 1. The van der Waals surface area contributed by atoms with Gasteiger partial charge in [0.15, 0.2) is 0 Å². The van der Waals surface area contributed by atoms with E-state index in [0.29, 0.717) is 12.3 Å². The number of phenols is 1. The van der Waals surface area contributed by atoms with E-state index in [1.54, 1.807) is 30.5 Å². The molecule has 1 aromatic heterocycles. The van der Waals surface area contributed by atoms with Crippen LogP contribution >= 0.6 is 0 Å². The minimum atomic E-state index is -0.268. The van der Waals surface area contributed by atoms with Crippen molar-refractivity contribution in [3.8, 4) is 17.4 Å². The summed E-state index contributed by atoms with van der Waals surface area (Å²) in [7, 11) is 0. The number of rotatable bonds is 3. The number of hydrogen-bond donors (Lipinski definition) is 1. The van der Waals surface area contributed by atoms with Crippen molar-refractivity contribution in [1.82, 2.24) is 9.55 Å². The number of hydrogen-bond acceptors (Lipinski definition) is 4. The van der Waals surface area contributed by atoms with Gasteiger partial charge in [0.25, 0.3) is 5.88 Å². The summed E-state index contributed by atoms with van der Waals surface area (Å²) < 4.78 is 7.10. The first kappa shape index (κ1) is 13.2. The molecular formula is C16H14N2O3. The van der Waals surface area contributed by atoms with Crippen LogP contribution in [0.4, 0.5) is 0 Å². The first-order valence-corrected chi connectivity index (χ1v) is 6.63. The van der Waals surface area contributed by atoms with Gasteiger partial charge in [-0.25, -0.2) is 4.98 Å². The van der Waals surface area contributed by atoms with Gasteiger partial charge >= 0.3 is 5.56 Å². The van der Waals surface area contributed by atoms with Crippen LogP contribution in [0.5, 0.6) is 17.4 Å². The van der Waals surface area contributed by atoms with E-state index in [4.69, 9.17) is 4.74 Å². The highest BCUT2D eigenvalue weighted by molar-refractivity contribution is 5.85. The Labute approximate surface area is 121 Å². The molecule has 0 saturated heterocycles. The molecule has 3 rings (SSSR count). The smallest absolute Gasteiger partial charge is 0.313 e. The molecule has 0 aliphatic rings. The lowest BCUT2D eigenvalue weighted by Crippen LogP contribution is -2.20. The molecule has 106 valence electrons. The number of benzene rings is 2. The molecule has 0 aliphatic carbocycles. The molecule has 0 bridgehead atoms. The van der Waals surface area contributed by atoms with Gasteiger partial charge in [0.1, 0.15) is 11.5 Å². The highest BCUT2D eigenvalue weighted by atomic mass is 16.5. The monoisotopic (exact) mass is 282 g/mol. The van der Waals surface area contributed by atoms with Crippen molar-refractivity contribution < 1.29 is 9.84 Å². The summed E-state index contributed by atoms with van der Waals surface area (Å²) in [5.74, 6) is 0.733. The summed E-state index contributed by atoms with van der Waals surface area (Å²) in [5, 5.41) is 11.3. The van der Waals surface area contributed by atoms with Crippen LogP contribution in [0.25, 0.3) is 10.8 Å². The lowest BCUT2D eigenvalue weighted by atomic mass is 10.1. The predicted octanol–water partition coefficient (Wildman–Crippen LogP) is 2.91. The third-order valence-electron chi connectivity index (χ3n) is 3.23. The van der Waals surface area contributed by atoms with E-state index < -0.39 is 0 Å². The zero-order valence-electron chi connectivity index (χ0n) is 11.5. The third kappa shape index (κ3) is 2.58. The topological polar surface area (TPSA) is 64.3 Å². The molecule has 0 saturated carbocycles. The largest absolute Gasteiger partial charge is 0.508 e. The average molecular weight is 282 g/mol. The van der Waals surface area contributed by atoms with Crippen molar-refractivity contribution in [2.45, 2.75) is 13.5 Å². The Morgan fingerprint density at radius 2 is 2.00 bits per heavy atom. The van der Waals surface area contributed by atoms with Crippen LogP contribution in [0.15, 0.2) is 53.6 Å². The Hall–Kier alpha value is -2.82. The number of ether oxygens (including phenoxy) is 1.